The molecule has 1 N–H and O–H groups in total. The van der Waals surface area contributed by atoms with E-state index in [-0.39, 0.29) is 0 Å². The van der Waals surface area contributed by atoms with Gasteiger partial charge in [0.2, 0.25) is 5.95 Å². The standard InChI is InChI=1S/C17H22FN5O/c1-21(2)16-15(18)11-19-17(20-16)23-8-6-22(7-9-23)12-13-4-3-5-14(24)10-13/h3-5,10-11,24H,6-9,12H2,1-2H3. The van der Waals surface area contributed by atoms with E-state index in [0.717, 1.165) is 38.3 Å². The predicted octanol–water partition coefficient (Wildman–Crippen LogP) is 1.71. The summed E-state index contributed by atoms with van der Waals surface area (Å²) in [5, 5.41) is 9.55. The topological polar surface area (TPSA) is 55.7 Å². The molecule has 0 atom stereocenters. The van der Waals surface area contributed by atoms with Crippen molar-refractivity contribution >= 4 is 11.8 Å². The molecule has 0 unspecified atom stereocenters. The molecule has 7 heteroatoms. The molecule has 1 saturated heterocycles. The van der Waals surface area contributed by atoms with E-state index in [9.17, 15) is 9.50 Å². The molecule has 0 radical (unpaired) electrons. The Bertz CT molecular complexity index is 701. The Kier molecular flexibility index (Phi) is 4.80. The number of piperazine rings is 1. The molecule has 2 aromatic rings. The van der Waals surface area contributed by atoms with Crippen molar-refractivity contribution in [2.24, 2.45) is 0 Å². The first kappa shape index (κ1) is 16.4. The monoisotopic (exact) mass is 331 g/mol. The normalized spacial score (nSPS) is 15.5. The van der Waals surface area contributed by atoms with Crippen LogP contribution in [0, 0.1) is 5.82 Å². The first-order valence-electron chi connectivity index (χ1n) is 7.98. The zero-order valence-electron chi connectivity index (χ0n) is 14.0. The first-order valence-corrected chi connectivity index (χ1v) is 7.98. The second-order valence-corrected chi connectivity index (χ2v) is 6.17. The van der Waals surface area contributed by atoms with Crippen LogP contribution in [0.25, 0.3) is 0 Å². The number of phenolic OH excluding ortho intramolecular Hbond substituents is 1. The molecule has 0 bridgehead atoms. The van der Waals surface area contributed by atoms with Gasteiger partial charge in [0.1, 0.15) is 5.75 Å². The van der Waals surface area contributed by atoms with Crippen molar-refractivity contribution in [1.82, 2.24) is 14.9 Å². The molecule has 0 aliphatic carbocycles. The summed E-state index contributed by atoms with van der Waals surface area (Å²) in [6.07, 6.45) is 1.23. The van der Waals surface area contributed by atoms with E-state index in [1.165, 1.54) is 6.20 Å². The Morgan fingerprint density at radius 3 is 2.62 bits per heavy atom. The number of hydrogen-bond donors (Lipinski definition) is 1. The Morgan fingerprint density at radius 1 is 1.21 bits per heavy atom. The lowest BCUT2D eigenvalue weighted by Gasteiger charge is -2.35. The van der Waals surface area contributed by atoms with Crippen molar-refractivity contribution in [2.45, 2.75) is 6.54 Å². The van der Waals surface area contributed by atoms with Crippen LogP contribution in [0.1, 0.15) is 5.56 Å². The van der Waals surface area contributed by atoms with Crippen molar-refractivity contribution in [3.05, 3.63) is 41.8 Å². The third-order valence-electron chi connectivity index (χ3n) is 4.11. The second kappa shape index (κ2) is 7.00. The number of rotatable bonds is 4. The molecule has 1 aromatic carbocycles. The molecule has 1 aliphatic heterocycles. The predicted molar refractivity (Wildman–Crippen MR) is 91.9 cm³/mol. The molecule has 6 nitrogen and oxygen atoms in total. The van der Waals surface area contributed by atoms with Gasteiger partial charge in [0.05, 0.1) is 6.20 Å². The molecule has 0 spiro atoms. The van der Waals surface area contributed by atoms with E-state index in [0.29, 0.717) is 17.5 Å². The molecule has 128 valence electrons. The van der Waals surface area contributed by atoms with Crippen LogP contribution in [0.4, 0.5) is 16.2 Å². The molecule has 0 amide bonds. The van der Waals surface area contributed by atoms with Gasteiger partial charge in [-0.3, -0.25) is 4.90 Å². The maximum absolute atomic E-state index is 13.7. The van der Waals surface area contributed by atoms with Gasteiger partial charge in [0.15, 0.2) is 11.6 Å². The summed E-state index contributed by atoms with van der Waals surface area (Å²) < 4.78 is 13.7. The van der Waals surface area contributed by atoms with Gasteiger partial charge in [-0.25, -0.2) is 9.37 Å². The Morgan fingerprint density at radius 2 is 1.96 bits per heavy atom. The minimum atomic E-state index is -0.411. The molecule has 3 rings (SSSR count). The van der Waals surface area contributed by atoms with Crippen molar-refractivity contribution in [2.75, 3.05) is 50.1 Å². The number of anilines is 2. The summed E-state index contributed by atoms with van der Waals surface area (Å²) in [6.45, 7) is 4.12. The number of hydrogen-bond acceptors (Lipinski definition) is 6. The lowest BCUT2D eigenvalue weighted by molar-refractivity contribution is 0.248. The van der Waals surface area contributed by atoms with Crippen LogP contribution < -0.4 is 9.80 Å². The minimum absolute atomic E-state index is 0.294. The van der Waals surface area contributed by atoms with Gasteiger partial charge < -0.3 is 14.9 Å². The number of phenols is 1. The van der Waals surface area contributed by atoms with E-state index >= 15 is 0 Å². The van der Waals surface area contributed by atoms with Crippen LogP contribution in [0.15, 0.2) is 30.5 Å². The third-order valence-corrected chi connectivity index (χ3v) is 4.11. The van der Waals surface area contributed by atoms with Gasteiger partial charge in [-0.15, -0.1) is 0 Å². The first-order chi connectivity index (χ1) is 11.5. The molecule has 24 heavy (non-hydrogen) atoms. The lowest BCUT2D eigenvalue weighted by atomic mass is 10.2. The summed E-state index contributed by atoms with van der Waals surface area (Å²) in [4.78, 5) is 14.5. The number of aromatic hydroxyl groups is 1. The highest BCUT2D eigenvalue weighted by Crippen LogP contribution is 2.19. The Labute approximate surface area is 141 Å². The summed E-state index contributed by atoms with van der Waals surface area (Å²) >= 11 is 0. The fraction of sp³-hybridized carbons (Fsp3) is 0.412. The van der Waals surface area contributed by atoms with E-state index in [2.05, 4.69) is 19.8 Å². The molecule has 1 fully saturated rings. The number of halogens is 1. The fourth-order valence-electron chi connectivity index (χ4n) is 2.83. The second-order valence-electron chi connectivity index (χ2n) is 6.17. The van der Waals surface area contributed by atoms with Crippen LogP contribution in [-0.4, -0.2) is 60.2 Å². The van der Waals surface area contributed by atoms with Crippen LogP contribution >= 0.6 is 0 Å². The van der Waals surface area contributed by atoms with E-state index in [1.54, 1.807) is 31.1 Å². The van der Waals surface area contributed by atoms with Crippen molar-refractivity contribution < 1.29 is 9.50 Å². The largest absolute Gasteiger partial charge is 0.508 e. The fourth-order valence-corrected chi connectivity index (χ4v) is 2.83. The lowest BCUT2D eigenvalue weighted by Crippen LogP contribution is -2.46. The molecule has 2 heterocycles. The smallest absolute Gasteiger partial charge is 0.227 e. The number of nitrogens with zero attached hydrogens (tertiary/aromatic N) is 5. The molecule has 0 saturated carbocycles. The van der Waals surface area contributed by atoms with E-state index in [4.69, 9.17) is 0 Å². The minimum Gasteiger partial charge on any atom is -0.508 e. The van der Waals surface area contributed by atoms with E-state index in [1.807, 2.05) is 12.1 Å². The summed E-state index contributed by atoms with van der Waals surface area (Å²) in [6, 6.07) is 7.34. The highest BCUT2D eigenvalue weighted by Gasteiger charge is 2.20. The van der Waals surface area contributed by atoms with Crippen molar-refractivity contribution in [1.29, 1.82) is 0 Å². The Balaban J connectivity index is 1.62. The summed E-state index contributed by atoms with van der Waals surface area (Å²) in [5.41, 5.74) is 1.09. The maximum atomic E-state index is 13.7. The van der Waals surface area contributed by atoms with Crippen LogP contribution in [0.3, 0.4) is 0 Å². The SMILES string of the molecule is CN(C)c1nc(N2CCN(Cc3cccc(O)c3)CC2)ncc1F. The third kappa shape index (κ3) is 3.73. The zero-order valence-corrected chi connectivity index (χ0v) is 14.0. The highest BCUT2D eigenvalue weighted by atomic mass is 19.1. The van der Waals surface area contributed by atoms with Gasteiger partial charge in [-0.2, -0.15) is 4.98 Å². The average Bonchev–Trinajstić information content (AvgIpc) is 2.56. The van der Waals surface area contributed by atoms with Crippen molar-refractivity contribution in [3.8, 4) is 5.75 Å². The highest BCUT2D eigenvalue weighted by molar-refractivity contribution is 5.44. The maximum Gasteiger partial charge on any atom is 0.227 e. The van der Waals surface area contributed by atoms with Crippen LogP contribution in [0.2, 0.25) is 0 Å². The Hall–Kier alpha value is -2.41. The van der Waals surface area contributed by atoms with Crippen LogP contribution in [-0.2, 0) is 6.54 Å². The molecule has 1 aromatic heterocycles. The quantitative estimate of drug-likeness (QED) is 0.920. The number of aromatic nitrogens is 2. The van der Waals surface area contributed by atoms with Gasteiger partial charge >= 0.3 is 0 Å². The van der Waals surface area contributed by atoms with Crippen molar-refractivity contribution in [3.63, 3.8) is 0 Å². The van der Waals surface area contributed by atoms with Gasteiger partial charge in [0, 0.05) is 46.8 Å². The molecular formula is C17H22FN5O. The summed E-state index contributed by atoms with van der Waals surface area (Å²) in [7, 11) is 3.53. The zero-order chi connectivity index (χ0) is 17.1. The van der Waals surface area contributed by atoms with E-state index < -0.39 is 5.82 Å². The van der Waals surface area contributed by atoms with Crippen LogP contribution in [0.5, 0.6) is 5.75 Å². The van der Waals surface area contributed by atoms with Gasteiger partial charge in [0.25, 0.3) is 0 Å². The molecule has 1 aliphatic rings. The molecular weight excluding hydrogens is 309 g/mol. The average molecular weight is 331 g/mol. The number of benzene rings is 1. The van der Waals surface area contributed by atoms with Gasteiger partial charge in [-0.1, -0.05) is 12.1 Å². The van der Waals surface area contributed by atoms with Gasteiger partial charge in [-0.05, 0) is 17.7 Å². The summed E-state index contributed by atoms with van der Waals surface area (Å²) in [5.74, 6) is 0.757.